The number of nitrogens with zero attached hydrogens (tertiary/aromatic N) is 1. The number of ether oxygens (including phenoxy) is 1. The van der Waals surface area contributed by atoms with Crippen molar-refractivity contribution in [2.75, 3.05) is 11.9 Å². The monoisotopic (exact) mass is 438 g/mol. The highest BCUT2D eigenvalue weighted by atomic mass is 32.1. The van der Waals surface area contributed by atoms with Crippen LogP contribution in [-0.2, 0) is 16.0 Å². The van der Waals surface area contributed by atoms with Gasteiger partial charge in [-0.05, 0) is 43.5 Å². The number of hydrogen-bond acceptors (Lipinski definition) is 6. The number of carbonyl (C=O) groups excluding carboxylic acids is 2. The molecule has 0 fully saturated rings. The summed E-state index contributed by atoms with van der Waals surface area (Å²) in [5.74, 6) is -0.746. The van der Waals surface area contributed by atoms with Gasteiger partial charge in [0, 0.05) is 29.0 Å². The van der Waals surface area contributed by atoms with Gasteiger partial charge in [0.1, 0.15) is 10.6 Å². The maximum atomic E-state index is 12.7. The van der Waals surface area contributed by atoms with Gasteiger partial charge in [-0.2, -0.15) is 0 Å². The van der Waals surface area contributed by atoms with E-state index in [2.05, 4.69) is 5.32 Å². The third-order valence-corrected chi connectivity index (χ3v) is 5.69. The van der Waals surface area contributed by atoms with Gasteiger partial charge < -0.3 is 10.1 Å². The molecule has 160 valence electrons. The van der Waals surface area contributed by atoms with Gasteiger partial charge in [-0.15, -0.1) is 11.3 Å². The molecule has 0 aliphatic heterocycles. The van der Waals surface area contributed by atoms with Crippen molar-refractivity contribution in [2.45, 2.75) is 26.7 Å². The van der Waals surface area contributed by atoms with Crippen LogP contribution in [0.4, 0.5) is 10.7 Å². The Morgan fingerprint density at radius 3 is 2.39 bits per heavy atom. The number of non-ortho nitro benzene ring substituents is 1. The number of benzene rings is 2. The second kappa shape index (κ2) is 9.99. The number of esters is 1. The lowest BCUT2D eigenvalue weighted by Gasteiger charge is -2.09. The number of anilines is 1. The van der Waals surface area contributed by atoms with Gasteiger partial charge in [-0.1, -0.05) is 30.3 Å². The first-order valence-corrected chi connectivity index (χ1v) is 10.6. The number of nitrogens with one attached hydrogen (secondary N) is 1. The van der Waals surface area contributed by atoms with E-state index in [9.17, 15) is 19.7 Å². The van der Waals surface area contributed by atoms with Gasteiger partial charge in [-0.25, -0.2) is 4.79 Å². The Kier molecular flexibility index (Phi) is 7.15. The molecule has 0 unspecified atom stereocenters. The molecule has 1 amide bonds. The topological polar surface area (TPSA) is 98.5 Å². The van der Waals surface area contributed by atoms with Crippen molar-refractivity contribution in [1.29, 1.82) is 0 Å². The molecule has 0 bridgehead atoms. The normalized spacial score (nSPS) is 10.5. The molecule has 1 aromatic heterocycles. The molecule has 1 heterocycles. The van der Waals surface area contributed by atoms with Crippen LogP contribution in [0.15, 0.2) is 54.6 Å². The number of nitro groups is 1. The number of nitro benzene ring substituents is 1. The van der Waals surface area contributed by atoms with Crippen LogP contribution in [0, 0.1) is 17.0 Å². The van der Waals surface area contributed by atoms with Gasteiger partial charge in [0.05, 0.1) is 11.5 Å². The van der Waals surface area contributed by atoms with E-state index in [0.29, 0.717) is 22.5 Å². The molecular formula is C23H22N2O5S. The summed E-state index contributed by atoms with van der Waals surface area (Å²) in [6.07, 6.45) is 0.858. The number of hydrogen-bond donors (Lipinski definition) is 1. The number of thiophene rings is 1. The second-order valence-electron chi connectivity index (χ2n) is 6.80. The Balaban J connectivity index is 1.89. The molecule has 7 nitrogen and oxygen atoms in total. The van der Waals surface area contributed by atoms with E-state index in [0.717, 1.165) is 10.4 Å². The van der Waals surface area contributed by atoms with E-state index in [4.69, 9.17) is 4.74 Å². The fraction of sp³-hybridized carbons (Fsp3) is 0.217. The zero-order chi connectivity index (χ0) is 22.4. The summed E-state index contributed by atoms with van der Waals surface area (Å²) in [5.41, 5.74) is 2.54. The van der Waals surface area contributed by atoms with Gasteiger partial charge >= 0.3 is 5.97 Å². The first-order chi connectivity index (χ1) is 14.9. The minimum absolute atomic E-state index is 0.0382. The minimum atomic E-state index is -0.543. The van der Waals surface area contributed by atoms with Gasteiger partial charge in [0.25, 0.3) is 5.69 Å². The highest BCUT2D eigenvalue weighted by Crippen LogP contribution is 2.41. The van der Waals surface area contributed by atoms with Crippen LogP contribution in [0.25, 0.3) is 11.1 Å². The number of aryl methyl sites for hydroxylation is 2. The van der Waals surface area contributed by atoms with Crippen LogP contribution in [0.3, 0.4) is 0 Å². The Morgan fingerprint density at radius 2 is 1.77 bits per heavy atom. The molecule has 3 aromatic rings. The Bertz CT molecular complexity index is 1090. The average Bonchev–Trinajstić information content (AvgIpc) is 3.08. The van der Waals surface area contributed by atoms with E-state index in [-0.39, 0.29) is 30.2 Å². The van der Waals surface area contributed by atoms with E-state index in [1.807, 2.05) is 37.3 Å². The van der Waals surface area contributed by atoms with Crippen LogP contribution in [0.2, 0.25) is 0 Å². The molecule has 0 radical (unpaired) electrons. The lowest BCUT2D eigenvalue weighted by Crippen LogP contribution is -2.15. The molecule has 0 aliphatic carbocycles. The molecular weight excluding hydrogens is 416 g/mol. The van der Waals surface area contributed by atoms with Crippen molar-refractivity contribution in [1.82, 2.24) is 0 Å². The minimum Gasteiger partial charge on any atom is -0.462 e. The lowest BCUT2D eigenvalue weighted by atomic mass is 10.0. The van der Waals surface area contributed by atoms with Crippen molar-refractivity contribution < 1.29 is 19.2 Å². The lowest BCUT2D eigenvalue weighted by molar-refractivity contribution is -0.384. The third kappa shape index (κ3) is 5.35. The molecule has 0 saturated carbocycles. The quantitative estimate of drug-likeness (QED) is 0.289. The highest BCUT2D eigenvalue weighted by molar-refractivity contribution is 7.17. The smallest absolute Gasteiger partial charge is 0.341 e. The van der Waals surface area contributed by atoms with E-state index in [1.54, 1.807) is 19.1 Å². The van der Waals surface area contributed by atoms with Crippen molar-refractivity contribution in [2.24, 2.45) is 0 Å². The number of carbonyl (C=O) groups is 2. The Morgan fingerprint density at radius 1 is 1.10 bits per heavy atom. The molecule has 31 heavy (non-hydrogen) atoms. The van der Waals surface area contributed by atoms with Crippen LogP contribution in [0.1, 0.15) is 34.1 Å². The predicted molar refractivity (Wildman–Crippen MR) is 120 cm³/mol. The second-order valence-corrected chi connectivity index (χ2v) is 8.02. The molecule has 0 aliphatic rings. The van der Waals surface area contributed by atoms with Gasteiger partial charge in [0.15, 0.2) is 0 Å². The van der Waals surface area contributed by atoms with Crippen molar-refractivity contribution in [3.8, 4) is 11.1 Å². The summed E-state index contributed by atoms with van der Waals surface area (Å²) < 4.78 is 5.23. The largest absolute Gasteiger partial charge is 0.462 e. The maximum Gasteiger partial charge on any atom is 0.341 e. The fourth-order valence-electron chi connectivity index (χ4n) is 3.22. The van der Waals surface area contributed by atoms with Crippen molar-refractivity contribution in [3.05, 3.63) is 80.7 Å². The Hall–Kier alpha value is -3.52. The number of rotatable bonds is 8. The first-order valence-electron chi connectivity index (χ1n) is 9.79. The summed E-state index contributed by atoms with van der Waals surface area (Å²) in [6, 6.07) is 15.6. The summed E-state index contributed by atoms with van der Waals surface area (Å²) in [6.45, 7) is 3.74. The van der Waals surface area contributed by atoms with Crippen LogP contribution < -0.4 is 5.32 Å². The summed E-state index contributed by atoms with van der Waals surface area (Å²) in [7, 11) is 0. The molecule has 0 saturated heterocycles. The van der Waals surface area contributed by atoms with Crippen LogP contribution in [0.5, 0.6) is 0 Å². The highest BCUT2D eigenvalue weighted by Gasteiger charge is 2.25. The number of amides is 1. The molecule has 1 N–H and O–H groups in total. The third-order valence-electron chi connectivity index (χ3n) is 4.67. The van der Waals surface area contributed by atoms with Gasteiger partial charge in [0.2, 0.25) is 5.91 Å². The van der Waals surface area contributed by atoms with E-state index < -0.39 is 10.9 Å². The fourth-order valence-corrected chi connectivity index (χ4v) is 4.30. The van der Waals surface area contributed by atoms with Crippen molar-refractivity contribution >= 4 is 33.9 Å². The van der Waals surface area contributed by atoms with Crippen molar-refractivity contribution in [3.63, 3.8) is 0 Å². The first kappa shape index (κ1) is 22.2. The summed E-state index contributed by atoms with van der Waals surface area (Å²) in [5, 5.41) is 14.2. The Labute approximate surface area is 183 Å². The zero-order valence-electron chi connectivity index (χ0n) is 17.2. The standard InChI is InChI=1S/C23H22N2O5S/c1-3-30-23(27)21-20(17-10-12-18(13-11-17)25(28)29)15(2)31-22(21)24-19(26)14-9-16-7-5-4-6-8-16/h4-8,10-13H,3,9,14H2,1-2H3,(H,24,26). The maximum absolute atomic E-state index is 12.7. The molecule has 2 aromatic carbocycles. The van der Waals surface area contributed by atoms with Gasteiger partial charge in [-0.3, -0.25) is 14.9 Å². The van der Waals surface area contributed by atoms with Crippen LogP contribution >= 0.6 is 11.3 Å². The van der Waals surface area contributed by atoms with Crippen LogP contribution in [-0.4, -0.2) is 23.4 Å². The molecule has 3 rings (SSSR count). The average molecular weight is 439 g/mol. The molecule has 8 heteroatoms. The summed E-state index contributed by atoms with van der Waals surface area (Å²) >= 11 is 1.28. The zero-order valence-corrected chi connectivity index (χ0v) is 18.0. The molecule has 0 atom stereocenters. The summed E-state index contributed by atoms with van der Waals surface area (Å²) in [4.78, 5) is 36.6. The predicted octanol–water partition coefficient (Wildman–Crippen LogP) is 5.38. The SMILES string of the molecule is CCOC(=O)c1c(NC(=O)CCc2ccccc2)sc(C)c1-c1ccc([N+](=O)[O-])cc1. The van der Waals surface area contributed by atoms with E-state index >= 15 is 0 Å². The van der Waals surface area contributed by atoms with E-state index in [1.165, 1.54) is 23.5 Å². The molecule has 0 spiro atoms.